The highest BCUT2D eigenvalue weighted by Gasteiger charge is 2.26. The fourth-order valence-corrected chi connectivity index (χ4v) is 4.12. The largest absolute Gasteiger partial charge is 0.491 e. The molecule has 0 saturated heterocycles. The molecule has 0 bridgehead atoms. The molecule has 1 atom stereocenters. The number of ether oxygens (including phenoxy) is 1. The number of hydrogen-bond donors (Lipinski definition) is 0. The first-order chi connectivity index (χ1) is 14.4. The highest BCUT2D eigenvalue weighted by molar-refractivity contribution is 8.13. The van der Waals surface area contributed by atoms with E-state index in [2.05, 4.69) is 63.2 Å². The van der Waals surface area contributed by atoms with E-state index < -0.39 is 0 Å². The van der Waals surface area contributed by atoms with Gasteiger partial charge in [-0.3, -0.25) is 4.79 Å². The SMILES string of the molecule is CC(C(=O)SCCOc1c(-c2ccccc2)cccc1-c1ccccc1)C(C)(C)C. The molecule has 0 heterocycles. The number of benzene rings is 3. The molecule has 0 aliphatic carbocycles. The van der Waals surface area contributed by atoms with Gasteiger partial charge in [-0.15, -0.1) is 0 Å². The van der Waals surface area contributed by atoms with E-state index in [1.54, 1.807) is 0 Å². The molecule has 0 spiro atoms. The molecule has 0 amide bonds. The van der Waals surface area contributed by atoms with Crippen LogP contribution in [0.1, 0.15) is 27.7 Å². The maximum atomic E-state index is 12.5. The Kier molecular flexibility index (Phi) is 7.38. The molecular weight excluding hydrogens is 388 g/mol. The third-order valence-corrected chi connectivity index (χ3v) is 6.42. The van der Waals surface area contributed by atoms with Crippen molar-refractivity contribution >= 4 is 16.9 Å². The minimum absolute atomic E-state index is 0.0129. The van der Waals surface area contributed by atoms with Crippen molar-refractivity contribution in [3.63, 3.8) is 0 Å². The monoisotopic (exact) mass is 418 g/mol. The first-order valence-electron chi connectivity index (χ1n) is 10.4. The molecule has 3 heteroatoms. The summed E-state index contributed by atoms with van der Waals surface area (Å²) in [5.41, 5.74) is 4.35. The smallest absolute Gasteiger partial charge is 0.192 e. The summed E-state index contributed by atoms with van der Waals surface area (Å²) < 4.78 is 6.32. The molecule has 0 N–H and O–H groups in total. The van der Waals surface area contributed by atoms with Gasteiger partial charge in [0.1, 0.15) is 5.75 Å². The summed E-state index contributed by atoms with van der Waals surface area (Å²) >= 11 is 1.37. The van der Waals surface area contributed by atoms with E-state index in [0.717, 1.165) is 28.0 Å². The Hall–Kier alpha value is -2.52. The van der Waals surface area contributed by atoms with Crippen LogP contribution in [-0.4, -0.2) is 17.5 Å². The van der Waals surface area contributed by atoms with Gasteiger partial charge in [-0.1, -0.05) is 118 Å². The number of hydrogen-bond acceptors (Lipinski definition) is 3. The van der Waals surface area contributed by atoms with Crippen molar-refractivity contribution < 1.29 is 9.53 Å². The minimum atomic E-state index is -0.0225. The van der Waals surface area contributed by atoms with Crippen LogP contribution in [0.4, 0.5) is 0 Å². The van der Waals surface area contributed by atoms with E-state index >= 15 is 0 Å². The molecule has 3 aromatic carbocycles. The number of carbonyl (C=O) groups excluding carboxylic acids is 1. The van der Waals surface area contributed by atoms with Crippen LogP contribution in [-0.2, 0) is 4.79 Å². The van der Waals surface area contributed by atoms with Crippen LogP contribution in [0.15, 0.2) is 78.9 Å². The van der Waals surface area contributed by atoms with Crippen molar-refractivity contribution in [2.75, 3.05) is 12.4 Å². The first-order valence-corrected chi connectivity index (χ1v) is 11.4. The lowest BCUT2D eigenvalue weighted by Gasteiger charge is -2.25. The summed E-state index contributed by atoms with van der Waals surface area (Å²) in [6.45, 7) is 8.81. The standard InChI is InChI=1S/C27H30O2S/c1-20(27(2,3)4)26(28)30-19-18-29-25-23(21-12-7-5-8-13-21)16-11-17-24(25)22-14-9-6-10-15-22/h5-17,20H,18-19H2,1-4H3. The molecule has 3 rings (SSSR count). The predicted octanol–water partition coefficient (Wildman–Crippen LogP) is 7.34. The summed E-state index contributed by atoms with van der Waals surface area (Å²) in [7, 11) is 0. The van der Waals surface area contributed by atoms with Crippen molar-refractivity contribution in [1.82, 2.24) is 0 Å². The van der Waals surface area contributed by atoms with Crippen LogP contribution in [0.25, 0.3) is 22.3 Å². The molecule has 0 saturated carbocycles. The zero-order valence-electron chi connectivity index (χ0n) is 18.2. The summed E-state index contributed by atoms with van der Waals surface area (Å²) in [6.07, 6.45) is 0. The Morgan fingerprint density at radius 1 is 0.833 bits per heavy atom. The molecule has 30 heavy (non-hydrogen) atoms. The number of carbonyl (C=O) groups is 1. The van der Waals surface area contributed by atoms with E-state index in [1.165, 1.54) is 11.8 Å². The van der Waals surface area contributed by atoms with E-state index in [1.807, 2.05) is 43.3 Å². The fourth-order valence-electron chi connectivity index (χ4n) is 3.15. The van der Waals surface area contributed by atoms with E-state index in [4.69, 9.17) is 4.74 Å². The zero-order valence-corrected chi connectivity index (χ0v) is 19.0. The second-order valence-corrected chi connectivity index (χ2v) is 9.62. The normalized spacial score (nSPS) is 12.4. The Morgan fingerprint density at radius 3 is 1.80 bits per heavy atom. The zero-order chi connectivity index (χ0) is 21.6. The molecule has 0 radical (unpaired) electrons. The minimum Gasteiger partial charge on any atom is -0.491 e. The maximum absolute atomic E-state index is 12.5. The molecule has 0 aromatic heterocycles. The molecule has 1 unspecified atom stereocenters. The first kappa shape index (κ1) is 22.2. The van der Waals surface area contributed by atoms with Gasteiger partial charge in [-0.05, 0) is 16.5 Å². The van der Waals surface area contributed by atoms with E-state index in [-0.39, 0.29) is 16.4 Å². The van der Waals surface area contributed by atoms with E-state index in [9.17, 15) is 4.79 Å². The van der Waals surface area contributed by atoms with Gasteiger partial charge in [-0.25, -0.2) is 0 Å². The lowest BCUT2D eigenvalue weighted by Crippen LogP contribution is -2.24. The third-order valence-electron chi connectivity index (χ3n) is 5.41. The van der Waals surface area contributed by atoms with Crippen molar-refractivity contribution in [3.05, 3.63) is 78.9 Å². The average molecular weight is 419 g/mol. The Bertz CT molecular complexity index is 901. The van der Waals surface area contributed by atoms with Gasteiger partial charge in [0, 0.05) is 22.8 Å². The average Bonchev–Trinajstić information content (AvgIpc) is 2.76. The highest BCUT2D eigenvalue weighted by Crippen LogP contribution is 2.39. The van der Waals surface area contributed by atoms with E-state index in [0.29, 0.717) is 12.4 Å². The molecular formula is C27H30O2S. The summed E-state index contributed by atoms with van der Waals surface area (Å²) in [5.74, 6) is 1.52. The van der Waals surface area contributed by atoms with Crippen LogP contribution in [0.5, 0.6) is 5.75 Å². The van der Waals surface area contributed by atoms with Crippen molar-refractivity contribution in [1.29, 1.82) is 0 Å². The van der Waals surface area contributed by atoms with Gasteiger partial charge in [0.25, 0.3) is 0 Å². The van der Waals surface area contributed by atoms with Crippen molar-refractivity contribution in [2.45, 2.75) is 27.7 Å². The number of thioether (sulfide) groups is 1. The third kappa shape index (κ3) is 5.54. The Morgan fingerprint density at radius 2 is 1.33 bits per heavy atom. The second kappa shape index (κ2) is 9.99. The highest BCUT2D eigenvalue weighted by atomic mass is 32.2. The quantitative estimate of drug-likeness (QED) is 0.375. The Balaban J connectivity index is 1.81. The lowest BCUT2D eigenvalue weighted by molar-refractivity contribution is -0.116. The van der Waals surface area contributed by atoms with Crippen LogP contribution < -0.4 is 4.74 Å². The van der Waals surface area contributed by atoms with Gasteiger partial charge in [0.05, 0.1) is 6.61 Å². The molecule has 0 aliphatic heterocycles. The summed E-state index contributed by atoms with van der Waals surface area (Å²) in [5, 5.41) is 0.228. The molecule has 0 fully saturated rings. The fraction of sp³-hybridized carbons (Fsp3) is 0.296. The van der Waals surface area contributed by atoms with Crippen LogP contribution in [0.2, 0.25) is 0 Å². The van der Waals surface area contributed by atoms with Crippen LogP contribution >= 0.6 is 11.8 Å². The summed E-state index contributed by atoms with van der Waals surface area (Å²) in [6, 6.07) is 26.8. The lowest BCUT2D eigenvalue weighted by atomic mass is 9.83. The maximum Gasteiger partial charge on any atom is 0.192 e. The molecule has 2 nitrogen and oxygen atoms in total. The molecule has 3 aromatic rings. The van der Waals surface area contributed by atoms with Gasteiger partial charge in [0.15, 0.2) is 5.12 Å². The van der Waals surface area contributed by atoms with Gasteiger partial charge in [0.2, 0.25) is 0 Å². The van der Waals surface area contributed by atoms with Gasteiger partial charge in [-0.2, -0.15) is 0 Å². The topological polar surface area (TPSA) is 26.3 Å². The van der Waals surface area contributed by atoms with Gasteiger partial charge >= 0.3 is 0 Å². The molecule has 0 aliphatic rings. The predicted molar refractivity (Wildman–Crippen MR) is 129 cm³/mol. The Labute approximate surface area is 184 Å². The van der Waals surface area contributed by atoms with Crippen LogP contribution in [0.3, 0.4) is 0 Å². The molecule has 156 valence electrons. The number of rotatable bonds is 7. The van der Waals surface area contributed by atoms with Crippen molar-refractivity contribution in [3.8, 4) is 28.0 Å². The number of para-hydroxylation sites is 1. The second-order valence-electron chi connectivity index (χ2n) is 8.52. The van der Waals surface area contributed by atoms with Crippen LogP contribution in [0, 0.1) is 11.3 Å². The van der Waals surface area contributed by atoms with Crippen molar-refractivity contribution in [2.24, 2.45) is 11.3 Å². The summed E-state index contributed by atoms with van der Waals surface area (Å²) in [4.78, 5) is 12.5. The van der Waals surface area contributed by atoms with Gasteiger partial charge < -0.3 is 4.74 Å².